The molecule has 0 saturated carbocycles. The third kappa shape index (κ3) is 4.10. The van der Waals surface area contributed by atoms with Gasteiger partial charge in [-0.3, -0.25) is 4.72 Å². The molecule has 0 radical (unpaired) electrons. The van der Waals surface area contributed by atoms with Crippen molar-refractivity contribution >= 4 is 39.0 Å². The van der Waals surface area contributed by atoms with Crippen molar-refractivity contribution in [2.75, 3.05) is 4.72 Å². The second-order valence-corrected chi connectivity index (χ2v) is 8.75. The van der Waals surface area contributed by atoms with Crippen LogP contribution in [-0.4, -0.2) is 13.4 Å². The second kappa shape index (κ2) is 7.50. The molecule has 1 N–H and O–H groups in total. The maximum Gasteiger partial charge on any atom is 0.263 e. The van der Waals surface area contributed by atoms with Gasteiger partial charge in [0.25, 0.3) is 10.0 Å². The zero-order chi connectivity index (χ0) is 19.8. The van der Waals surface area contributed by atoms with E-state index in [1.807, 2.05) is 25.1 Å². The summed E-state index contributed by atoms with van der Waals surface area (Å²) in [6.45, 7) is 5.29. The molecule has 0 unspecified atom stereocenters. The molecule has 0 saturated heterocycles. The predicted octanol–water partition coefficient (Wildman–Crippen LogP) is 5.78. The number of rotatable bonds is 4. The Balaban J connectivity index is 1.96. The molecule has 0 aliphatic heterocycles. The monoisotopic (exact) mass is 420 g/mol. The number of anilines is 1. The van der Waals surface area contributed by atoms with E-state index in [9.17, 15) is 8.42 Å². The fourth-order valence-electron chi connectivity index (χ4n) is 2.82. The first-order chi connectivity index (χ1) is 12.7. The molecule has 2 aromatic carbocycles. The van der Waals surface area contributed by atoms with E-state index in [1.165, 1.54) is 0 Å². The number of sulfonamides is 1. The highest BCUT2D eigenvalue weighted by Gasteiger charge is 2.19. The van der Waals surface area contributed by atoms with E-state index in [0.29, 0.717) is 26.9 Å². The largest absolute Gasteiger partial charge is 0.263 e. The number of benzene rings is 2. The van der Waals surface area contributed by atoms with E-state index in [4.69, 9.17) is 23.2 Å². The van der Waals surface area contributed by atoms with Crippen molar-refractivity contribution in [3.8, 4) is 11.1 Å². The van der Waals surface area contributed by atoms with Crippen LogP contribution in [0, 0.1) is 20.8 Å². The van der Waals surface area contributed by atoms with Crippen LogP contribution in [0.1, 0.15) is 16.8 Å². The first-order valence-electron chi connectivity index (χ1n) is 8.21. The zero-order valence-electron chi connectivity index (χ0n) is 15.0. The van der Waals surface area contributed by atoms with Gasteiger partial charge in [0.1, 0.15) is 5.82 Å². The maximum absolute atomic E-state index is 12.8. The third-order valence-corrected chi connectivity index (χ3v) is 6.47. The molecule has 0 fully saturated rings. The SMILES string of the molecule is Cc1cc(S(=O)(=O)Nc2ccc(-c3ccccc3Cl)c(C)n2)c(C)cc1Cl. The van der Waals surface area contributed by atoms with Gasteiger partial charge in [-0.25, -0.2) is 13.4 Å². The number of aryl methyl sites for hydroxylation is 3. The van der Waals surface area contributed by atoms with Gasteiger partial charge in [-0.05, 0) is 62.2 Å². The van der Waals surface area contributed by atoms with Gasteiger partial charge in [0.2, 0.25) is 0 Å². The van der Waals surface area contributed by atoms with Crippen molar-refractivity contribution in [3.63, 3.8) is 0 Å². The minimum atomic E-state index is -3.78. The number of hydrogen-bond donors (Lipinski definition) is 1. The summed E-state index contributed by atoms with van der Waals surface area (Å²) in [5.74, 6) is 0.246. The van der Waals surface area contributed by atoms with E-state index in [1.54, 1.807) is 44.2 Å². The molecule has 0 spiro atoms. The van der Waals surface area contributed by atoms with Crippen LogP contribution in [0.25, 0.3) is 11.1 Å². The van der Waals surface area contributed by atoms with Crippen LogP contribution in [0.5, 0.6) is 0 Å². The number of pyridine rings is 1. The molecular formula is C20H18Cl2N2O2S. The van der Waals surface area contributed by atoms with E-state index in [2.05, 4.69) is 9.71 Å². The average molecular weight is 421 g/mol. The molecule has 3 aromatic rings. The van der Waals surface area contributed by atoms with Crippen molar-refractivity contribution in [1.82, 2.24) is 4.98 Å². The summed E-state index contributed by atoms with van der Waals surface area (Å²) in [7, 11) is -3.78. The molecule has 140 valence electrons. The quantitative estimate of drug-likeness (QED) is 0.581. The van der Waals surface area contributed by atoms with Crippen LogP contribution in [0.3, 0.4) is 0 Å². The van der Waals surface area contributed by atoms with E-state index >= 15 is 0 Å². The van der Waals surface area contributed by atoms with Crippen LogP contribution in [-0.2, 0) is 10.0 Å². The number of aromatic nitrogens is 1. The average Bonchev–Trinajstić information content (AvgIpc) is 2.59. The van der Waals surface area contributed by atoms with Gasteiger partial charge in [-0.2, -0.15) is 0 Å². The molecule has 27 heavy (non-hydrogen) atoms. The predicted molar refractivity (Wildman–Crippen MR) is 111 cm³/mol. The Morgan fingerprint density at radius 2 is 1.56 bits per heavy atom. The first-order valence-corrected chi connectivity index (χ1v) is 10.4. The number of hydrogen-bond acceptors (Lipinski definition) is 3. The Labute approximate surface area is 169 Å². The number of halogens is 2. The van der Waals surface area contributed by atoms with Crippen LogP contribution in [0.15, 0.2) is 53.4 Å². The van der Waals surface area contributed by atoms with Gasteiger partial charge in [0.05, 0.1) is 4.90 Å². The normalized spacial score (nSPS) is 11.4. The van der Waals surface area contributed by atoms with Gasteiger partial charge in [-0.1, -0.05) is 41.4 Å². The minimum Gasteiger partial charge on any atom is -0.263 e. The van der Waals surface area contributed by atoms with Crippen molar-refractivity contribution in [2.24, 2.45) is 0 Å². The van der Waals surface area contributed by atoms with E-state index in [-0.39, 0.29) is 10.7 Å². The first kappa shape index (κ1) is 19.7. The molecule has 3 rings (SSSR count). The van der Waals surface area contributed by atoms with Crippen molar-refractivity contribution in [2.45, 2.75) is 25.7 Å². The fraction of sp³-hybridized carbons (Fsp3) is 0.150. The summed E-state index contributed by atoms with van der Waals surface area (Å²) >= 11 is 12.3. The van der Waals surface area contributed by atoms with Crippen LogP contribution < -0.4 is 4.72 Å². The van der Waals surface area contributed by atoms with E-state index < -0.39 is 10.0 Å². The minimum absolute atomic E-state index is 0.180. The molecule has 7 heteroatoms. The smallest absolute Gasteiger partial charge is 0.263 e. The van der Waals surface area contributed by atoms with E-state index in [0.717, 1.165) is 11.1 Å². The zero-order valence-corrected chi connectivity index (χ0v) is 17.4. The summed E-state index contributed by atoms with van der Waals surface area (Å²) in [5.41, 5.74) is 3.64. The highest BCUT2D eigenvalue weighted by molar-refractivity contribution is 7.92. The highest BCUT2D eigenvalue weighted by atomic mass is 35.5. The molecule has 1 aromatic heterocycles. The van der Waals surface area contributed by atoms with Crippen LogP contribution in [0.2, 0.25) is 10.0 Å². The third-order valence-electron chi connectivity index (χ3n) is 4.23. The summed E-state index contributed by atoms with van der Waals surface area (Å²) in [4.78, 5) is 4.58. The number of nitrogens with zero attached hydrogens (tertiary/aromatic N) is 1. The van der Waals surface area contributed by atoms with Gasteiger partial charge in [0.15, 0.2) is 0 Å². The summed E-state index contributed by atoms with van der Waals surface area (Å²) in [6, 6.07) is 14.1. The number of nitrogens with one attached hydrogen (secondary N) is 1. The molecule has 4 nitrogen and oxygen atoms in total. The second-order valence-electron chi connectivity index (χ2n) is 6.28. The lowest BCUT2D eigenvalue weighted by molar-refractivity contribution is 0.600. The lowest BCUT2D eigenvalue weighted by Crippen LogP contribution is -2.15. The topological polar surface area (TPSA) is 59.1 Å². The Kier molecular flexibility index (Phi) is 5.47. The summed E-state index contributed by atoms with van der Waals surface area (Å²) in [5, 5.41) is 1.15. The standard InChI is InChI=1S/C20H18Cl2N2O2S/c1-12-11-19(13(2)10-18(12)22)27(25,26)24-20-9-8-15(14(3)23-20)16-6-4-5-7-17(16)21/h4-11H,1-3H3,(H,23,24). The molecule has 0 bridgehead atoms. The van der Waals surface area contributed by atoms with Crippen molar-refractivity contribution < 1.29 is 8.42 Å². The Morgan fingerprint density at radius 1 is 0.852 bits per heavy atom. The Morgan fingerprint density at radius 3 is 2.22 bits per heavy atom. The van der Waals surface area contributed by atoms with Crippen LogP contribution >= 0.6 is 23.2 Å². The summed E-state index contributed by atoms with van der Waals surface area (Å²) in [6.07, 6.45) is 0. The lowest BCUT2D eigenvalue weighted by Gasteiger charge is -2.13. The van der Waals surface area contributed by atoms with Crippen LogP contribution in [0.4, 0.5) is 5.82 Å². The molecule has 0 amide bonds. The molecular weight excluding hydrogens is 403 g/mol. The maximum atomic E-state index is 12.8. The van der Waals surface area contributed by atoms with Gasteiger partial charge in [-0.15, -0.1) is 0 Å². The molecule has 0 aliphatic carbocycles. The lowest BCUT2D eigenvalue weighted by atomic mass is 10.0. The van der Waals surface area contributed by atoms with Gasteiger partial charge < -0.3 is 0 Å². The van der Waals surface area contributed by atoms with Crippen molar-refractivity contribution in [1.29, 1.82) is 0 Å². The Hall–Kier alpha value is -2.08. The van der Waals surface area contributed by atoms with Crippen molar-refractivity contribution in [3.05, 3.63) is 75.4 Å². The highest BCUT2D eigenvalue weighted by Crippen LogP contribution is 2.31. The molecule has 0 atom stereocenters. The summed E-state index contributed by atoms with van der Waals surface area (Å²) < 4.78 is 28.1. The fourth-order valence-corrected chi connectivity index (χ4v) is 4.59. The Bertz CT molecular complexity index is 1130. The molecule has 0 aliphatic rings. The molecule has 1 heterocycles. The van der Waals surface area contributed by atoms with Gasteiger partial charge in [0, 0.05) is 26.9 Å². The van der Waals surface area contributed by atoms with Gasteiger partial charge >= 0.3 is 0 Å².